The van der Waals surface area contributed by atoms with Gasteiger partial charge in [0.1, 0.15) is 11.6 Å². The van der Waals surface area contributed by atoms with Crippen LogP contribution in [0.2, 0.25) is 0 Å². The van der Waals surface area contributed by atoms with Crippen LogP contribution in [0.1, 0.15) is 30.0 Å². The van der Waals surface area contributed by atoms with Gasteiger partial charge in [0, 0.05) is 38.2 Å². The first kappa shape index (κ1) is 17.8. The summed E-state index contributed by atoms with van der Waals surface area (Å²) < 4.78 is 33.2. The average molecular weight is 394 g/mol. The van der Waals surface area contributed by atoms with Crippen LogP contribution < -0.4 is 5.69 Å². The Kier molecular flexibility index (Phi) is 3.94. The van der Waals surface area contributed by atoms with E-state index in [9.17, 15) is 13.6 Å². The van der Waals surface area contributed by atoms with Gasteiger partial charge in [0.25, 0.3) is 0 Å². The molecule has 1 fully saturated rings. The normalized spacial score (nSPS) is 14.1. The molecule has 0 saturated heterocycles. The molecular weight excluding hydrogens is 374 g/mol. The summed E-state index contributed by atoms with van der Waals surface area (Å²) in [6.07, 6.45) is 3.79. The van der Waals surface area contributed by atoms with Crippen molar-refractivity contribution in [2.75, 3.05) is 0 Å². The molecule has 0 atom stereocenters. The average Bonchev–Trinajstić information content (AvgIpc) is 3.43. The molecule has 2 aromatic heterocycles. The zero-order valence-electron chi connectivity index (χ0n) is 16.2. The Morgan fingerprint density at radius 1 is 1.03 bits per heavy atom. The van der Waals surface area contributed by atoms with Gasteiger partial charge in [0.2, 0.25) is 0 Å². The third kappa shape index (κ3) is 2.88. The van der Waals surface area contributed by atoms with Gasteiger partial charge in [0.05, 0.1) is 28.7 Å². The van der Waals surface area contributed by atoms with E-state index in [0.29, 0.717) is 23.7 Å². The molecule has 5 rings (SSSR count). The topological polar surface area (TPSA) is 44.8 Å². The van der Waals surface area contributed by atoms with Crippen LogP contribution in [-0.4, -0.2) is 18.7 Å². The van der Waals surface area contributed by atoms with E-state index in [-0.39, 0.29) is 5.69 Å². The van der Waals surface area contributed by atoms with Crippen molar-refractivity contribution in [2.45, 2.75) is 25.3 Å². The molecule has 1 saturated carbocycles. The zero-order valence-corrected chi connectivity index (χ0v) is 16.2. The van der Waals surface area contributed by atoms with Crippen LogP contribution in [0.5, 0.6) is 0 Å². The number of hydrogen-bond acceptors (Lipinski definition) is 2. The first-order valence-corrected chi connectivity index (χ1v) is 9.59. The standard InChI is InChI=1S/C22H20F2N4O/c1-26-18-8-3-13(9-19(18)27(2)22(26)29)11-28-12-25-20(14-4-5-14)21(28)16-7-6-15(23)10-17(16)24/h3,6-10,12,14H,4-5,11H2,1-2H3. The molecular formula is C22H20F2N4O. The summed E-state index contributed by atoms with van der Waals surface area (Å²) in [4.78, 5) is 16.7. The molecule has 4 aromatic rings. The molecule has 0 N–H and O–H groups in total. The van der Waals surface area contributed by atoms with Gasteiger partial charge in [-0.15, -0.1) is 0 Å². The fraction of sp³-hybridized carbons (Fsp3) is 0.273. The van der Waals surface area contributed by atoms with E-state index in [2.05, 4.69) is 4.98 Å². The summed E-state index contributed by atoms with van der Waals surface area (Å²) in [5.74, 6) is -0.858. The quantitative estimate of drug-likeness (QED) is 0.526. The van der Waals surface area contributed by atoms with Crippen LogP contribution in [0.3, 0.4) is 0 Å². The molecule has 0 aliphatic heterocycles. The second kappa shape index (κ2) is 6.40. The van der Waals surface area contributed by atoms with E-state index in [4.69, 9.17) is 0 Å². The molecule has 7 heteroatoms. The SMILES string of the molecule is Cn1c(=O)n(C)c2cc(Cn3cnc(C4CC4)c3-c3ccc(F)cc3F)ccc21. The largest absolute Gasteiger partial charge is 0.328 e. The van der Waals surface area contributed by atoms with Gasteiger partial charge in [0.15, 0.2) is 0 Å². The van der Waals surface area contributed by atoms with Gasteiger partial charge in [-0.1, -0.05) is 6.07 Å². The lowest BCUT2D eigenvalue weighted by atomic mass is 10.1. The minimum Gasteiger partial charge on any atom is -0.326 e. The summed E-state index contributed by atoms with van der Waals surface area (Å²) >= 11 is 0. The van der Waals surface area contributed by atoms with Gasteiger partial charge in [-0.05, 0) is 42.7 Å². The number of halogens is 2. The van der Waals surface area contributed by atoms with Crippen molar-refractivity contribution in [2.24, 2.45) is 14.1 Å². The Balaban J connectivity index is 1.61. The van der Waals surface area contributed by atoms with E-state index < -0.39 is 11.6 Å². The Morgan fingerprint density at radius 3 is 2.52 bits per heavy atom. The fourth-order valence-corrected chi connectivity index (χ4v) is 3.99. The third-order valence-corrected chi connectivity index (χ3v) is 5.71. The number of aryl methyl sites for hydroxylation is 2. The highest BCUT2D eigenvalue weighted by atomic mass is 19.1. The van der Waals surface area contributed by atoms with Crippen molar-refractivity contribution in [1.82, 2.24) is 18.7 Å². The Hall–Kier alpha value is -3.22. The van der Waals surface area contributed by atoms with Crippen LogP contribution in [0.15, 0.2) is 47.5 Å². The monoisotopic (exact) mass is 394 g/mol. The van der Waals surface area contributed by atoms with E-state index in [1.54, 1.807) is 29.6 Å². The molecule has 0 spiro atoms. The summed E-state index contributed by atoms with van der Waals surface area (Å²) in [6.45, 7) is 0.477. The maximum Gasteiger partial charge on any atom is 0.328 e. The van der Waals surface area contributed by atoms with Crippen LogP contribution in [0, 0.1) is 11.6 Å². The molecule has 0 bridgehead atoms. The lowest BCUT2D eigenvalue weighted by molar-refractivity contribution is 0.584. The van der Waals surface area contributed by atoms with Crippen molar-refractivity contribution >= 4 is 11.0 Å². The molecule has 0 radical (unpaired) electrons. The molecule has 5 nitrogen and oxygen atoms in total. The van der Waals surface area contributed by atoms with E-state index >= 15 is 0 Å². The van der Waals surface area contributed by atoms with Crippen LogP contribution in [0.25, 0.3) is 22.3 Å². The van der Waals surface area contributed by atoms with E-state index in [1.165, 1.54) is 12.1 Å². The van der Waals surface area contributed by atoms with Crippen LogP contribution in [-0.2, 0) is 20.6 Å². The first-order valence-electron chi connectivity index (χ1n) is 9.59. The molecule has 1 aliphatic carbocycles. The number of hydrogen-bond donors (Lipinski definition) is 0. The lowest BCUT2D eigenvalue weighted by Crippen LogP contribution is -2.19. The number of fused-ring (bicyclic) bond motifs is 1. The van der Waals surface area contributed by atoms with E-state index in [0.717, 1.165) is 41.2 Å². The molecule has 0 amide bonds. The Morgan fingerprint density at radius 2 is 1.79 bits per heavy atom. The highest BCUT2D eigenvalue weighted by Gasteiger charge is 2.31. The van der Waals surface area contributed by atoms with E-state index in [1.807, 2.05) is 22.8 Å². The highest BCUT2D eigenvalue weighted by Crippen LogP contribution is 2.44. The molecule has 148 valence electrons. The van der Waals surface area contributed by atoms with Gasteiger partial charge in [-0.2, -0.15) is 0 Å². The Labute approximate surface area is 165 Å². The smallest absolute Gasteiger partial charge is 0.326 e. The molecule has 2 aromatic carbocycles. The van der Waals surface area contributed by atoms with Crippen molar-refractivity contribution in [3.8, 4) is 11.3 Å². The second-order valence-corrected chi connectivity index (χ2v) is 7.73. The number of benzene rings is 2. The number of nitrogens with zero attached hydrogens (tertiary/aromatic N) is 4. The fourth-order valence-electron chi connectivity index (χ4n) is 3.99. The van der Waals surface area contributed by atoms with Crippen molar-refractivity contribution in [3.63, 3.8) is 0 Å². The van der Waals surface area contributed by atoms with Crippen LogP contribution in [0.4, 0.5) is 8.78 Å². The van der Waals surface area contributed by atoms with Crippen LogP contribution >= 0.6 is 0 Å². The van der Waals surface area contributed by atoms with Gasteiger partial charge >= 0.3 is 5.69 Å². The highest BCUT2D eigenvalue weighted by molar-refractivity contribution is 5.77. The molecule has 1 aliphatic rings. The van der Waals surface area contributed by atoms with Gasteiger partial charge < -0.3 is 4.57 Å². The predicted octanol–water partition coefficient (Wildman–Crippen LogP) is 3.94. The summed E-state index contributed by atoms with van der Waals surface area (Å²) in [5, 5.41) is 0. The van der Waals surface area contributed by atoms with Crippen molar-refractivity contribution in [1.29, 1.82) is 0 Å². The minimum atomic E-state index is -0.597. The third-order valence-electron chi connectivity index (χ3n) is 5.71. The van der Waals surface area contributed by atoms with Gasteiger partial charge in [-0.25, -0.2) is 18.6 Å². The molecule has 0 unspecified atom stereocenters. The summed E-state index contributed by atoms with van der Waals surface area (Å²) in [5.41, 5.74) is 4.52. The summed E-state index contributed by atoms with van der Waals surface area (Å²) in [7, 11) is 3.49. The zero-order chi connectivity index (χ0) is 20.3. The Bertz CT molecular complexity index is 1310. The number of aromatic nitrogens is 4. The predicted molar refractivity (Wildman–Crippen MR) is 107 cm³/mol. The maximum atomic E-state index is 14.6. The minimum absolute atomic E-state index is 0.0788. The van der Waals surface area contributed by atoms with Crippen molar-refractivity contribution < 1.29 is 8.78 Å². The maximum absolute atomic E-state index is 14.6. The van der Waals surface area contributed by atoms with Crippen molar-refractivity contribution in [3.05, 3.63) is 76.1 Å². The summed E-state index contributed by atoms with van der Waals surface area (Å²) in [6, 6.07) is 9.52. The number of rotatable bonds is 4. The number of imidazole rings is 2. The molecule has 29 heavy (non-hydrogen) atoms. The van der Waals surface area contributed by atoms with Gasteiger partial charge in [-0.3, -0.25) is 9.13 Å². The first-order chi connectivity index (χ1) is 13.9. The lowest BCUT2D eigenvalue weighted by Gasteiger charge is -2.12. The second-order valence-electron chi connectivity index (χ2n) is 7.73. The molecule has 2 heterocycles.